The quantitative estimate of drug-likeness (QED) is 0.537. The summed E-state index contributed by atoms with van der Waals surface area (Å²) >= 11 is 0. The van der Waals surface area contributed by atoms with Gasteiger partial charge in [0.15, 0.2) is 5.82 Å². The largest absolute Gasteiger partial charge is 0.339 e. The molecule has 0 radical (unpaired) electrons. The first kappa shape index (κ1) is 24.6. The number of nitrogens with zero attached hydrogens (tertiary/aromatic N) is 5. The molecule has 0 spiro atoms. The number of carbonyl (C=O) groups excluding carboxylic acids is 3. The monoisotopic (exact) mass is 497 g/mol. The summed E-state index contributed by atoms with van der Waals surface area (Å²) < 4.78 is 0. The van der Waals surface area contributed by atoms with Gasteiger partial charge in [-0.05, 0) is 29.2 Å². The van der Waals surface area contributed by atoms with E-state index in [0.717, 1.165) is 16.7 Å². The molecule has 8 nitrogen and oxygen atoms in total. The molecule has 3 aromatic rings. The molecule has 0 atom stereocenters. The molecule has 5 rings (SSSR count). The Bertz CT molecular complexity index is 1340. The SMILES string of the molecule is CC(=O)N1CCN(C(=O)c2ccc(CN3C(=O)Cc4cnc(-c5ccccc5C(C)C)nc43)cc2)CC1. The molecule has 37 heavy (non-hydrogen) atoms. The maximum atomic E-state index is 12.9. The first-order chi connectivity index (χ1) is 17.8. The van der Waals surface area contributed by atoms with E-state index in [-0.39, 0.29) is 24.1 Å². The Hall–Kier alpha value is -4.07. The molecule has 2 aliphatic rings. The van der Waals surface area contributed by atoms with Crippen LogP contribution >= 0.6 is 0 Å². The topological polar surface area (TPSA) is 86.7 Å². The molecule has 0 bridgehead atoms. The van der Waals surface area contributed by atoms with Crippen LogP contribution in [0.5, 0.6) is 0 Å². The van der Waals surface area contributed by atoms with E-state index >= 15 is 0 Å². The predicted octanol–water partition coefficient (Wildman–Crippen LogP) is 3.66. The Kier molecular flexibility index (Phi) is 6.74. The van der Waals surface area contributed by atoms with E-state index in [1.54, 1.807) is 40.0 Å². The third-order valence-corrected chi connectivity index (χ3v) is 7.12. The minimum Gasteiger partial charge on any atom is -0.339 e. The molecule has 0 N–H and O–H groups in total. The molecule has 190 valence electrons. The molecule has 0 unspecified atom stereocenters. The van der Waals surface area contributed by atoms with Crippen LogP contribution in [0.1, 0.15) is 53.7 Å². The Morgan fingerprint density at radius 2 is 1.62 bits per heavy atom. The van der Waals surface area contributed by atoms with Gasteiger partial charge in [-0.2, -0.15) is 0 Å². The minimum atomic E-state index is -0.0430. The Labute approximate surface area is 216 Å². The second-order valence-corrected chi connectivity index (χ2v) is 9.94. The minimum absolute atomic E-state index is 0.0120. The van der Waals surface area contributed by atoms with Crippen molar-refractivity contribution in [3.05, 3.63) is 77.0 Å². The van der Waals surface area contributed by atoms with E-state index in [1.807, 2.05) is 30.3 Å². The average molecular weight is 498 g/mol. The number of amides is 3. The zero-order valence-corrected chi connectivity index (χ0v) is 21.5. The van der Waals surface area contributed by atoms with Crippen LogP contribution in [0.3, 0.4) is 0 Å². The fraction of sp³-hybridized carbons (Fsp3) is 0.345. The smallest absolute Gasteiger partial charge is 0.253 e. The molecule has 3 heterocycles. The second-order valence-electron chi connectivity index (χ2n) is 9.94. The van der Waals surface area contributed by atoms with Crippen LogP contribution in [0.4, 0.5) is 5.82 Å². The van der Waals surface area contributed by atoms with Crippen molar-refractivity contribution in [2.24, 2.45) is 0 Å². The van der Waals surface area contributed by atoms with Gasteiger partial charge in [0.2, 0.25) is 11.8 Å². The number of hydrogen-bond donors (Lipinski definition) is 0. The van der Waals surface area contributed by atoms with Crippen molar-refractivity contribution >= 4 is 23.5 Å². The van der Waals surface area contributed by atoms with Crippen molar-refractivity contribution in [3.8, 4) is 11.4 Å². The van der Waals surface area contributed by atoms with Gasteiger partial charge in [0.05, 0.1) is 13.0 Å². The van der Waals surface area contributed by atoms with Crippen molar-refractivity contribution < 1.29 is 14.4 Å². The number of rotatable bonds is 5. The highest BCUT2D eigenvalue weighted by atomic mass is 16.2. The van der Waals surface area contributed by atoms with Gasteiger partial charge in [-0.3, -0.25) is 19.3 Å². The van der Waals surface area contributed by atoms with Crippen molar-refractivity contribution in [2.75, 3.05) is 31.1 Å². The normalized spacial score (nSPS) is 15.4. The van der Waals surface area contributed by atoms with Crippen LogP contribution in [0.2, 0.25) is 0 Å². The number of piperazine rings is 1. The summed E-state index contributed by atoms with van der Waals surface area (Å²) in [6.45, 7) is 8.38. The zero-order chi connectivity index (χ0) is 26.1. The first-order valence-electron chi connectivity index (χ1n) is 12.7. The fourth-order valence-electron chi connectivity index (χ4n) is 4.97. The van der Waals surface area contributed by atoms with Gasteiger partial charge in [-0.15, -0.1) is 0 Å². The molecule has 0 aliphatic carbocycles. The number of anilines is 1. The first-order valence-corrected chi connectivity index (χ1v) is 12.7. The summed E-state index contributed by atoms with van der Waals surface area (Å²) in [7, 11) is 0. The van der Waals surface area contributed by atoms with Crippen LogP contribution in [-0.4, -0.2) is 63.7 Å². The second kappa shape index (κ2) is 10.1. The van der Waals surface area contributed by atoms with Crippen LogP contribution in [0.25, 0.3) is 11.4 Å². The van der Waals surface area contributed by atoms with E-state index < -0.39 is 0 Å². The molecule has 1 fully saturated rings. The van der Waals surface area contributed by atoms with Crippen molar-refractivity contribution in [1.29, 1.82) is 0 Å². The van der Waals surface area contributed by atoms with E-state index in [2.05, 4.69) is 24.9 Å². The average Bonchev–Trinajstić information content (AvgIpc) is 3.22. The van der Waals surface area contributed by atoms with E-state index in [1.165, 1.54) is 5.56 Å². The number of carbonyl (C=O) groups is 3. The molecule has 3 amide bonds. The van der Waals surface area contributed by atoms with Crippen molar-refractivity contribution in [1.82, 2.24) is 19.8 Å². The summed E-state index contributed by atoms with van der Waals surface area (Å²) in [5.41, 5.74) is 4.49. The van der Waals surface area contributed by atoms with Crippen LogP contribution in [0, 0.1) is 0 Å². The van der Waals surface area contributed by atoms with Crippen LogP contribution < -0.4 is 4.90 Å². The summed E-state index contributed by atoms with van der Waals surface area (Å²) in [5, 5.41) is 0. The number of aromatic nitrogens is 2. The molecule has 8 heteroatoms. The molecule has 0 saturated carbocycles. The number of fused-ring (bicyclic) bond motifs is 1. The van der Waals surface area contributed by atoms with E-state index in [0.29, 0.717) is 55.8 Å². The van der Waals surface area contributed by atoms with Crippen molar-refractivity contribution in [2.45, 2.75) is 39.7 Å². The predicted molar refractivity (Wildman–Crippen MR) is 141 cm³/mol. The highest BCUT2D eigenvalue weighted by Gasteiger charge is 2.30. The number of hydrogen-bond acceptors (Lipinski definition) is 5. The van der Waals surface area contributed by atoms with Gasteiger partial charge in [-0.25, -0.2) is 9.97 Å². The lowest BCUT2D eigenvalue weighted by molar-refractivity contribution is -0.130. The van der Waals surface area contributed by atoms with Crippen LogP contribution in [0.15, 0.2) is 54.7 Å². The highest BCUT2D eigenvalue weighted by molar-refractivity contribution is 6.00. The highest BCUT2D eigenvalue weighted by Crippen LogP contribution is 2.32. The zero-order valence-electron chi connectivity index (χ0n) is 21.5. The molecule has 2 aliphatic heterocycles. The summed E-state index contributed by atoms with van der Waals surface area (Å²) in [6, 6.07) is 15.5. The Morgan fingerprint density at radius 1 is 0.946 bits per heavy atom. The summed E-state index contributed by atoms with van der Waals surface area (Å²) in [5.74, 6) is 1.58. The summed E-state index contributed by atoms with van der Waals surface area (Å²) in [6.07, 6.45) is 2.05. The van der Waals surface area contributed by atoms with Gasteiger partial charge in [0.1, 0.15) is 5.82 Å². The maximum Gasteiger partial charge on any atom is 0.253 e. The lowest BCUT2D eigenvalue weighted by Crippen LogP contribution is -2.50. The van der Waals surface area contributed by atoms with Gasteiger partial charge in [0.25, 0.3) is 5.91 Å². The number of benzene rings is 2. The third kappa shape index (κ3) is 4.96. The van der Waals surface area contributed by atoms with E-state index in [4.69, 9.17) is 4.98 Å². The molecule has 1 saturated heterocycles. The molecular formula is C29H31N5O3. The summed E-state index contributed by atoms with van der Waals surface area (Å²) in [4.78, 5) is 52.0. The van der Waals surface area contributed by atoms with Gasteiger partial charge in [-0.1, -0.05) is 50.2 Å². The molecule has 1 aromatic heterocycles. The standard InChI is InChI=1S/C29H31N5O3/c1-19(2)24-6-4-5-7-25(24)27-30-17-23-16-26(36)34(28(23)31-27)18-21-8-10-22(11-9-21)29(37)33-14-12-32(13-15-33)20(3)35/h4-11,17,19H,12-16,18H2,1-3H3. The third-order valence-electron chi connectivity index (χ3n) is 7.12. The van der Waals surface area contributed by atoms with Gasteiger partial charge < -0.3 is 9.80 Å². The lowest BCUT2D eigenvalue weighted by Gasteiger charge is -2.34. The Balaban J connectivity index is 1.32. The van der Waals surface area contributed by atoms with Gasteiger partial charge in [0, 0.05) is 56.0 Å². The van der Waals surface area contributed by atoms with Gasteiger partial charge >= 0.3 is 0 Å². The van der Waals surface area contributed by atoms with Crippen molar-refractivity contribution in [3.63, 3.8) is 0 Å². The van der Waals surface area contributed by atoms with Crippen LogP contribution in [-0.2, 0) is 22.6 Å². The molecule has 2 aromatic carbocycles. The fourth-order valence-corrected chi connectivity index (χ4v) is 4.97. The maximum absolute atomic E-state index is 12.9. The lowest BCUT2D eigenvalue weighted by atomic mass is 9.97. The molecular weight excluding hydrogens is 466 g/mol. The van der Waals surface area contributed by atoms with E-state index in [9.17, 15) is 14.4 Å². The Morgan fingerprint density at radius 3 is 2.30 bits per heavy atom.